The van der Waals surface area contributed by atoms with Crippen molar-refractivity contribution >= 4 is 11.3 Å². The van der Waals surface area contributed by atoms with Crippen LogP contribution in [0.5, 0.6) is 0 Å². The van der Waals surface area contributed by atoms with E-state index in [1.54, 1.807) is 11.3 Å². The summed E-state index contributed by atoms with van der Waals surface area (Å²) in [5, 5.41) is 3.12. The first kappa shape index (κ1) is 14.9. The van der Waals surface area contributed by atoms with Crippen LogP contribution in [0.1, 0.15) is 42.4 Å². The summed E-state index contributed by atoms with van der Waals surface area (Å²) < 4.78 is 38.8. The van der Waals surface area contributed by atoms with Gasteiger partial charge in [0.05, 0.1) is 5.92 Å². The Bertz CT molecular complexity index is 400. The number of nitrogens with one attached hydrogen (secondary N) is 1. The number of aryl methyl sites for hydroxylation is 1. The van der Waals surface area contributed by atoms with Gasteiger partial charge in [0.25, 0.3) is 0 Å². The van der Waals surface area contributed by atoms with Crippen LogP contribution < -0.4 is 5.32 Å². The van der Waals surface area contributed by atoms with Crippen molar-refractivity contribution < 1.29 is 13.2 Å². The van der Waals surface area contributed by atoms with Crippen molar-refractivity contribution in [3.05, 3.63) is 21.9 Å². The van der Waals surface area contributed by atoms with Gasteiger partial charge in [-0.1, -0.05) is 19.8 Å². The molecule has 0 aromatic carbocycles. The maximum absolute atomic E-state index is 12.9. The smallest absolute Gasteiger partial charge is 0.308 e. The van der Waals surface area contributed by atoms with E-state index in [0.29, 0.717) is 19.4 Å². The Morgan fingerprint density at radius 2 is 1.89 bits per heavy atom. The lowest BCUT2D eigenvalue weighted by atomic mass is 9.84. The van der Waals surface area contributed by atoms with E-state index in [1.165, 1.54) is 4.88 Å². The molecule has 0 bridgehead atoms. The highest BCUT2D eigenvalue weighted by Crippen LogP contribution is 2.37. The normalized spacial score (nSPS) is 24.6. The fourth-order valence-corrected chi connectivity index (χ4v) is 3.61. The topological polar surface area (TPSA) is 12.0 Å². The maximum Gasteiger partial charge on any atom is 0.393 e. The molecular weight excluding hydrogens is 271 g/mol. The Balaban J connectivity index is 1.92. The number of alkyl halides is 3. The Hall–Kier alpha value is -0.550. The Morgan fingerprint density at radius 1 is 1.21 bits per heavy atom. The number of hydrogen-bond donors (Lipinski definition) is 1. The molecule has 0 saturated heterocycles. The van der Waals surface area contributed by atoms with Crippen molar-refractivity contribution in [1.29, 1.82) is 0 Å². The van der Waals surface area contributed by atoms with Gasteiger partial charge in [-0.05, 0) is 31.4 Å². The lowest BCUT2D eigenvalue weighted by Crippen LogP contribution is -2.45. The Kier molecular flexibility index (Phi) is 4.90. The van der Waals surface area contributed by atoms with Crippen molar-refractivity contribution in [2.45, 2.75) is 57.8 Å². The third-order valence-electron chi connectivity index (χ3n) is 3.79. The van der Waals surface area contributed by atoms with Gasteiger partial charge in [-0.3, -0.25) is 0 Å². The SMILES string of the molecule is CCc1ccc(CNC2CCCCC2C(F)(F)F)s1. The first-order chi connectivity index (χ1) is 9.00. The van der Waals surface area contributed by atoms with Crippen molar-refractivity contribution in [3.8, 4) is 0 Å². The van der Waals surface area contributed by atoms with E-state index in [4.69, 9.17) is 0 Å². The minimum Gasteiger partial charge on any atom is -0.308 e. The van der Waals surface area contributed by atoms with Crippen molar-refractivity contribution in [1.82, 2.24) is 5.32 Å². The highest BCUT2D eigenvalue weighted by atomic mass is 32.1. The zero-order chi connectivity index (χ0) is 13.9. The van der Waals surface area contributed by atoms with Gasteiger partial charge in [-0.25, -0.2) is 0 Å². The minimum atomic E-state index is -4.07. The maximum atomic E-state index is 12.9. The van der Waals surface area contributed by atoms with Crippen LogP contribution in [-0.4, -0.2) is 12.2 Å². The van der Waals surface area contributed by atoms with Crippen LogP contribution in [0.15, 0.2) is 12.1 Å². The molecule has 1 aliphatic carbocycles. The average Bonchev–Trinajstić information content (AvgIpc) is 2.83. The molecule has 108 valence electrons. The van der Waals surface area contributed by atoms with E-state index >= 15 is 0 Å². The van der Waals surface area contributed by atoms with E-state index < -0.39 is 18.1 Å². The van der Waals surface area contributed by atoms with Gasteiger partial charge in [0.1, 0.15) is 0 Å². The molecule has 2 atom stereocenters. The lowest BCUT2D eigenvalue weighted by Gasteiger charge is -2.33. The molecular formula is C14H20F3NS. The molecule has 1 nitrogen and oxygen atoms in total. The Labute approximate surface area is 116 Å². The molecule has 2 unspecified atom stereocenters. The van der Waals surface area contributed by atoms with Crippen LogP contribution in [0.25, 0.3) is 0 Å². The summed E-state index contributed by atoms with van der Waals surface area (Å²) in [6.45, 7) is 2.64. The minimum absolute atomic E-state index is 0.270. The zero-order valence-corrected chi connectivity index (χ0v) is 11.9. The molecule has 1 N–H and O–H groups in total. The first-order valence-electron chi connectivity index (χ1n) is 6.88. The van der Waals surface area contributed by atoms with Crippen LogP contribution in [0.4, 0.5) is 13.2 Å². The van der Waals surface area contributed by atoms with Gasteiger partial charge >= 0.3 is 6.18 Å². The summed E-state index contributed by atoms with van der Waals surface area (Å²) in [7, 11) is 0. The molecule has 19 heavy (non-hydrogen) atoms. The van der Waals surface area contributed by atoms with Crippen molar-refractivity contribution in [2.75, 3.05) is 0 Å². The van der Waals surface area contributed by atoms with Gasteiger partial charge in [-0.2, -0.15) is 13.2 Å². The number of halogens is 3. The third-order valence-corrected chi connectivity index (χ3v) is 5.02. The van der Waals surface area contributed by atoms with E-state index in [1.807, 2.05) is 6.07 Å². The average molecular weight is 291 g/mol. The van der Waals surface area contributed by atoms with Gasteiger partial charge in [0, 0.05) is 22.3 Å². The van der Waals surface area contributed by atoms with E-state index in [9.17, 15) is 13.2 Å². The van der Waals surface area contributed by atoms with E-state index in [0.717, 1.165) is 17.7 Å². The molecule has 0 spiro atoms. The van der Waals surface area contributed by atoms with E-state index in [-0.39, 0.29) is 6.42 Å². The number of rotatable bonds is 4. The van der Waals surface area contributed by atoms with Crippen LogP contribution >= 0.6 is 11.3 Å². The quantitative estimate of drug-likeness (QED) is 0.860. The van der Waals surface area contributed by atoms with E-state index in [2.05, 4.69) is 18.3 Å². The molecule has 0 radical (unpaired) electrons. The second-order valence-electron chi connectivity index (χ2n) is 5.14. The monoisotopic (exact) mass is 291 g/mol. The second kappa shape index (κ2) is 6.27. The summed E-state index contributed by atoms with van der Waals surface area (Å²) in [5.74, 6) is -1.17. The van der Waals surface area contributed by atoms with Crippen LogP contribution in [0.3, 0.4) is 0 Å². The number of thiophene rings is 1. The van der Waals surface area contributed by atoms with Crippen molar-refractivity contribution in [3.63, 3.8) is 0 Å². The summed E-state index contributed by atoms with van der Waals surface area (Å²) in [4.78, 5) is 2.41. The fourth-order valence-electron chi connectivity index (χ4n) is 2.71. The van der Waals surface area contributed by atoms with Crippen LogP contribution in [-0.2, 0) is 13.0 Å². The predicted molar refractivity (Wildman–Crippen MR) is 72.3 cm³/mol. The lowest BCUT2D eigenvalue weighted by molar-refractivity contribution is -0.189. The summed E-state index contributed by atoms with van der Waals surface area (Å²) in [5.41, 5.74) is 0. The zero-order valence-electron chi connectivity index (χ0n) is 11.1. The first-order valence-corrected chi connectivity index (χ1v) is 7.70. The molecule has 1 fully saturated rings. The predicted octanol–water partition coefficient (Wildman–Crippen LogP) is 4.52. The third kappa shape index (κ3) is 3.96. The molecule has 0 aliphatic heterocycles. The fraction of sp³-hybridized carbons (Fsp3) is 0.714. The molecule has 1 aromatic heterocycles. The van der Waals surface area contributed by atoms with Gasteiger partial charge in [0.15, 0.2) is 0 Å². The molecule has 0 amide bonds. The highest BCUT2D eigenvalue weighted by Gasteiger charge is 2.45. The van der Waals surface area contributed by atoms with Crippen LogP contribution in [0.2, 0.25) is 0 Å². The highest BCUT2D eigenvalue weighted by molar-refractivity contribution is 7.11. The van der Waals surface area contributed by atoms with Gasteiger partial charge in [0.2, 0.25) is 0 Å². The number of hydrogen-bond acceptors (Lipinski definition) is 2. The standard InChI is InChI=1S/C14H20F3NS/c1-2-10-7-8-11(19-10)9-18-13-6-4-3-5-12(13)14(15,16)17/h7-8,12-13,18H,2-6,9H2,1H3. The summed E-state index contributed by atoms with van der Waals surface area (Å²) in [6.07, 6.45) is -0.584. The summed E-state index contributed by atoms with van der Waals surface area (Å²) in [6, 6.07) is 3.66. The van der Waals surface area contributed by atoms with Gasteiger partial charge in [-0.15, -0.1) is 11.3 Å². The Morgan fingerprint density at radius 3 is 2.53 bits per heavy atom. The molecule has 2 rings (SSSR count). The second-order valence-corrected chi connectivity index (χ2v) is 6.39. The van der Waals surface area contributed by atoms with Gasteiger partial charge < -0.3 is 5.32 Å². The largest absolute Gasteiger partial charge is 0.393 e. The molecule has 5 heteroatoms. The molecule has 1 aliphatic rings. The molecule has 1 heterocycles. The van der Waals surface area contributed by atoms with Crippen LogP contribution in [0, 0.1) is 5.92 Å². The van der Waals surface area contributed by atoms with Crippen molar-refractivity contribution in [2.24, 2.45) is 5.92 Å². The molecule has 1 saturated carbocycles. The summed E-state index contributed by atoms with van der Waals surface area (Å²) >= 11 is 1.69. The molecule has 1 aromatic rings.